The second-order valence-electron chi connectivity index (χ2n) is 8.60. The van der Waals surface area contributed by atoms with Crippen LogP contribution in [0.15, 0.2) is 24.7 Å². The van der Waals surface area contributed by atoms with E-state index in [1.165, 1.54) is 0 Å². The number of piperazine rings is 1. The van der Waals surface area contributed by atoms with E-state index in [0.717, 1.165) is 68.2 Å². The number of aromatic nitrogens is 3. The van der Waals surface area contributed by atoms with Gasteiger partial charge in [-0.25, -0.2) is 9.97 Å². The molecule has 0 bridgehead atoms. The van der Waals surface area contributed by atoms with Gasteiger partial charge in [0.05, 0.1) is 34.9 Å². The number of nitrogens with one attached hydrogen (secondary N) is 2. The molecule has 2 aromatic rings. The molecule has 0 unspecified atom stereocenters. The van der Waals surface area contributed by atoms with Crippen LogP contribution >= 0.6 is 0 Å². The van der Waals surface area contributed by atoms with Gasteiger partial charge in [-0.05, 0) is 24.5 Å². The Hall–Kier alpha value is -3.07. The van der Waals surface area contributed by atoms with Gasteiger partial charge in [0.15, 0.2) is 0 Å². The van der Waals surface area contributed by atoms with E-state index in [4.69, 9.17) is 4.98 Å². The zero-order valence-electron chi connectivity index (χ0n) is 17.9. The highest BCUT2D eigenvalue weighted by Crippen LogP contribution is 2.64. The molecule has 31 heavy (non-hydrogen) atoms. The molecule has 2 fully saturated rings. The second-order valence-corrected chi connectivity index (χ2v) is 8.60. The topological polar surface area (TPSA) is 103 Å². The average molecular weight is 422 g/mol. The van der Waals surface area contributed by atoms with Crippen LogP contribution in [-0.2, 0) is 11.3 Å². The molecule has 2 amide bonds. The summed E-state index contributed by atoms with van der Waals surface area (Å²) >= 11 is 0. The number of anilines is 2. The lowest BCUT2D eigenvalue weighted by atomic mass is 9.93. The average Bonchev–Trinajstić information content (AvgIpc) is 3.56. The van der Waals surface area contributed by atoms with E-state index in [9.17, 15) is 9.59 Å². The zero-order chi connectivity index (χ0) is 21.6. The molecule has 162 valence electrons. The summed E-state index contributed by atoms with van der Waals surface area (Å²) in [7, 11) is 1.56. The van der Waals surface area contributed by atoms with Crippen LogP contribution in [0.3, 0.4) is 0 Å². The van der Waals surface area contributed by atoms with Crippen molar-refractivity contribution >= 4 is 23.2 Å². The van der Waals surface area contributed by atoms with Crippen molar-refractivity contribution in [3.63, 3.8) is 0 Å². The Kier molecular flexibility index (Phi) is 4.85. The van der Waals surface area contributed by atoms with E-state index < -0.39 is 0 Å². The van der Waals surface area contributed by atoms with E-state index >= 15 is 0 Å². The van der Waals surface area contributed by atoms with Gasteiger partial charge in [0.2, 0.25) is 11.7 Å². The van der Waals surface area contributed by atoms with Crippen LogP contribution < -0.4 is 15.5 Å². The number of hydrogen-bond acceptors (Lipinski definition) is 7. The third kappa shape index (κ3) is 3.42. The molecule has 2 atom stereocenters. The highest BCUT2D eigenvalue weighted by atomic mass is 16.2. The van der Waals surface area contributed by atoms with Crippen molar-refractivity contribution in [2.75, 3.05) is 43.4 Å². The third-order valence-corrected chi connectivity index (χ3v) is 6.92. The van der Waals surface area contributed by atoms with Crippen molar-refractivity contribution in [3.8, 4) is 0 Å². The maximum Gasteiger partial charge on any atom is 0.288 e. The number of hydrogen-bond donors (Lipinski definition) is 2. The van der Waals surface area contributed by atoms with Crippen molar-refractivity contribution in [3.05, 3.63) is 41.7 Å². The Morgan fingerprint density at radius 2 is 1.94 bits per heavy atom. The molecule has 1 saturated heterocycles. The van der Waals surface area contributed by atoms with Crippen LogP contribution in [-0.4, -0.2) is 64.9 Å². The van der Waals surface area contributed by atoms with Crippen LogP contribution in [0, 0.1) is 5.41 Å². The maximum atomic E-state index is 12.5. The fourth-order valence-corrected chi connectivity index (χ4v) is 4.83. The Balaban J connectivity index is 1.19. The summed E-state index contributed by atoms with van der Waals surface area (Å²) in [4.78, 5) is 41.8. The number of carbonyl (C=O) groups is 2. The molecule has 2 aliphatic heterocycles. The number of pyridine rings is 1. The van der Waals surface area contributed by atoms with E-state index in [2.05, 4.69) is 43.4 Å². The molecule has 0 spiro atoms. The smallest absolute Gasteiger partial charge is 0.288 e. The highest BCUT2D eigenvalue weighted by Gasteiger charge is 2.62. The van der Waals surface area contributed by atoms with Crippen molar-refractivity contribution < 1.29 is 9.59 Å². The summed E-state index contributed by atoms with van der Waals surface area (Å²) in [5, 5.41) is 5.62. The second kappa shape index (κ2) is 7.56. The largest absolute Gasteiger partial charge is 0.366 e. The van der Waals surface area contributed by atoms with Gasteiger partial charge in [-0.1, -0.05) is 6.92 Å². The summed E-state index contributed by atoms with van der Waals surface area (Å²) < 4.78 is 0. The maximum absolute atomic E-state index is 12.5. The first-order valence-corrected chi connectivity index (χ1v) is 10.9. The summed E-state index contributed by atoms with van der Waals surface area (Å²) in [6.07, 6.45) is 7.17. The number of fused-ring (bicyclic) bond motifs is 3. The monoisotopic (exact) mass is 421 g/mol. The highest BCUT2D eigenvalue weighted by molar-refractivity contribution is 6.02. The molecule has 9 nitrogen and oxygen atoms in total. The normalized spacial score (nSPS) is 24.8. The molecule has 2 N–H and O–H groups in total. The van der Waals surface area contributed by atoms with Gasteiger partial charge < -0.3 is 15.5 Å². The first kappa shape index (κ1) is 19.9. The van der Waals surface area contributed by atoms with Crippen molar-refractivity contribution in [1.82, 2.24) is 25.2 Å². The van der Waals surface area contributed by atoms with Gasteiger partial charge in [0.25, 0.3) is 5.91 Å². The van der Waals surface area contributed by atoms with E-state index in [-0.39, 0.29) is 29.0 Å². The van der Waals surface area contributed by atoms with Crippen LogP contribution in [0.25, 0.3) is 0 Å². The van der Waals surface area contributed by atoms with E-state index in [0.29, 0.717) is 0 Å². The first-order chi connectivity index (χ1) is 15.0. The minimum atomic E-state index is -0.284. The molecule has 4 heterocycles. The Morgan fingerprint density at radius 1 is 1.19 bits per heavy atom. The predicted molar refractivity (Wildman–Crippen MR) is 116 cm³/mol. The Bertz CT molecular complexity index is 1020. The van der Waals surface area contributed by atoms with Gasteiger partial charge in [-0.3, -0.25) is 19.5 Å². The molecule has 9 heteroatoms. The van der Waals surface area contributed by atoms with Crippen molar-refractivity contribution in [1.29, 1.82) is 0 Å². The quantitative estimate of drug-likeness (QED) is 0.752. The summed E-state index contributed by atoms with van der Waals surface area (Å²) in [5.74, 6) is 0.341. The lowest BCUT2D eigenvalue weighted by Crippen LogP contribution is -2.46. The van der Waals surface area contributed by atoms with E-state index in [1.807, 2.05) is 6.20 Å². The van der Waals surface area contributed by atoms with Gasteiger partial charge in [-0.2, -0.15) is 0 Å². The molecule has 2 aromatic heterocycles. The SMILES string of the molecule is CC[C@]12C[C@H]1c1ncc(CN3CCN(c4cnc(C(=O)NC)nc4)CC3)cc1NC2=O. The first-order valence-electron chi connectivity index (χ1n) is 10.9. The molecule has 0 radical (unpaired) electrons. The molecule has 5 rings (SSSR count). The molecule has 1 saturated carbocycles. The predicted octanol–water partition coefficient (Wildman–Crippen LogP) is 1.39. The molecule has 0 aromatic carbocycles. The molecular formula is C22H27N7O2. The summed E-state index contributed by atoms with van der Waals surface area (Å²) in [6.45, 7) is 6.42. The fourth-order valence-electron chi connectivity index (χ4n) is 4.83. The third-order valence-electron chi connectivity index (χ3n) is 6.92. The van der Waals surface area contributed by atoms with Crippen LogP contribution in [0.2, 0.25) is 0 Å². The van der Waals surface area contributed by atoms with Crippen molar-refractivity contribution in [2.24, 2.45) is 5.41 Å². The summed E-state index contributed by atoms with van der Waals surface area (Å²) in [5.41, 5.74) is 3.78. The zero-order valence-corrected chi connectivity index (χ0v) is 17.9. The van der Waals surface area contributed by atoms with Gasteiger partial charge in [0, 0.05) is 51.9 Å². The Labute approximate surface area is 181 Å². The van der Waals surface area contributed by atoms with Crippen LogP contribution in [0.1, 0.15) is 47.6 Å². The minimum Gasteiger partial charge on any atom is -0.366 e. The molecule has 3 aliphatic rings. The number of nitrogens with zero attached hydrogens (tertiary/aromatic N) is 5. The molecule has 1 aliphatic carbocycles. The number of rotatable bonds is 5. The fraction of sp³-hybridized carbons (Fsp3) is 0.500. The minimum absolute atomic E-state index is 0.157. The standard InChI is InChI=1S/C22H27N7O2/c1-3-22-9-16(22)18-17(27-21(22)31)8-14(10-24-18)13-28-4-6-29(7-5-28)15-11-25-19(26-12-15)20(30)23-2/h8,10-12,16H,3-7,9,13H2,1-2H3,(H,23,30)(H,27,31)/t16-,22-/m0/s1. The van der Waals surface area contributed by atoms with Gasteiger partial charge in [-0.15, -0.1) is 0 Å². The lowest BCUT2D eigenvalue weighted by Gasteiger charge is -2.35. The van der Waals surface area contributed by atoms with Crippen molar-refractivity contribution in [2.45, 2.75) is 32.2 Å². The van der Waals surface area contributed by atoms with Gasteiger partial charge in [0.1, 0.15) is 0 Å². The van der Waals surface area contributed by atoms with Gasteiger partial charge >= 0.3 is 0 Å². The number of amides is 2. The van der Waals surface area contributed by atoms with Crippen LogP contribution in [0.4, 0.5) is 11.4 Å². The Morgan fingerprint density at radius 3 is 2.61 bits per heavy atom. The molecular weight excluding hydrogens is 394 g/mol. The van der Waals surface area contributed by atoms with E-state index in [1.54, 1.807) is 19.4 Å². The number of carbonyl (C=O) groups excluding carboxylic acids is 2. The van der Waals surface area contributed by atoms with Crippen LogP contribution in [0.5, 0.6) is 0 Å². The lowest BCUT2D eigenvalue weighted by molar-refractivity contribution is -0.121. The summed E-state index contributed by atoms with van der Waals surface area (Å²) in [6, 6.07) is 2.09.